The molecule has 2 aromatic carbocycles. The molecule has 0 radical (unpaired) electrons. The summed E-state index contributed by atoms with van der Waals surface area (Å²) in [5.41, 5.74) is 9.46. The van der Waals surface area contributed by atoms with Gasteiger partial charge in [-0.15, -0.1) is 0 Å². The van der Waals surface area contributed by atoms with Crippen molar-refractivity contribution in [3.63, 3.8) is 0 Å². The van der Waals surface area contributed by atoms with Crippen molar-refractivity contribution in [2.45, 2.75) is 48.1 Å². The Morgan fingerprint density at radius 2 is 1.50 bits per heavy atom. The smallest absolute Gasteiger partial charge is 0.0682 e. The molecule has 2 aromatic rings. The third kappa shape index (κ3) is 11.2. The van der Waals surface area contributed by atoms with Gasteiger partial charge in [0.05, 0.1) is 6.61 Å². The zero-order valence-electron chi connectivity index (χ0n) is 14.7. The highest BCUT2D eigenvalue weighted by atomic mass is 35.5. The van der Waals surface area contributed by atoms with Crippen LogP contribution in [-0.2, 0) is 6.61 Å². The van der Waals surface area contributed by atoms with Crippen LogP contribution >= 0.6 is 11.6 Å². The van der Waals surface area contributed by atoms with Gasteiger partial charge in [-0.1, -0.05) is 57.5 Å². The number of anilines is 1. The molecule has 3 N–H and O–H groups in total. The molecule has 0 aliphatic rings. The van der Waals surface area contributed by atoms with Crippen LogP contribution in [0.5, 0.6) is 0 Å². The lowest BCUT2D eigenvalue weighted by Gasteiger charge is -1.98. The highest BCUT2D eigenvalue weighted by Gasteiger charge is 1.93. The normalized spacial score (nSPS) is 8.36. The molecule has 0 bridgehead atoms. The molecule has 0 aliphatic heterocycles. The minimum absolute atomic E-state index is 0.0569. The van der Waals surface area contributed by atoms with Crippen LogP contribution in [0.3, 0.4) is 0 Å². The number of hydrogen-bond donors (Lipinski definition) is 2. The van der Waals surface area contributed by atoms with Gasteiger partial charge in [0.25, 0.3) is 0 Å². The van der Waals surface area contributed by atoms with Crippen LogP contribution in [0.1, 0.15) is 44.4 Å². The summed E-state index contributed by atoms with van der Waals surface area (Å²) in [5.74, 6) is 0. The predicted molar refractivity (Wildman–Crippen MR) is 100 cm³/mol. The fourth-order valence-electron chi connectivity index (χ4n) is 1.57. The van der Waals surface area contributed by atoms with Gasteiger partial charge in [-0.25, -0.2) is 0 Å². The zero-order chi connectivity index (χ0) is 17.5. The Bertz CT molecular complexity index is 475. The van der Waals surface area contributed by atoms with Crippen LogP contribution in [0.15, 0.2) is 42.5 Å². The van der Waals surface area contributed by atoms with Crippen LogP contribution in [0.25, 0.3) is 0 Å². The Kier molecular flexibility index (Phi) is 14.9. The first kappa shape index (κ1) is 22.8. The van der Waals surface area contributed by atoms with Gasteiger partial charge in [-0.2, -0.15) is 0 Å². The van der Waals surface area contributed by atoms with Crippen LogP contribution in [0, 0.1) is 13.8 Å². The van der Waals surface area contributed by atoms with Crippen LogP contribution < -0.4 is 5.73 Å². The summed E-state index contributed by atoms with van der Waals surface area (Å²) in [6.45, 7) is 12.0. The Morgan fingerprint density at radius 3 is 1.86 bits per heavy atom. The van der Waals surface area contributed by atoms with Gasteiger partial charge in [-0.05, 0) is 54.8 Å². The van der Waals surface area contributed by atoms with E-state index in [0.29, 0.717) is 5.02 Å². The molecule has 2 nitrogen and oxygen atoms in total. The van der Waals surface area contributed by atoms with E-state index in [0.717, 1.165) is 16.8 Å². The summed E-state index contributed by atoms with van der Waals surface area (Å²) < 4.78 is 0. The van der Waals surface area contributed by atoms with Crippen molar-refractivity contribution in [1.82, 2.24) is 0 Å². The zero-order valence-corrected chi connectivity index (χ0v) is 15.4. The fraction of sp³-hybridized carbons (Fsp3) is 0.368. The molecule has 0 fully saturated rings. The first-order chi connectivity index (χ1) is 10.5. The number of aliphatic hydroxyl groups excluding tert-OH is 1. The minimum atomic E-state index is 0.0569. The Hall–Kier alpha value is -1.51. The van der Waals surface area contributed by atoms with Crippen molar-refractivity contribution in [3.8, 4) is 0 Å². The molecule has 0 saturated carbocycles. The van der Waals surface area contributed by atoms with Crippen molar-refractivity contribution in [2.24, 2.45) is 0 Å². The molecule has 0 atom stereocenters. The van der Waals surface area contributed by atoms with Crippen molar-refractivity contribution in [2.75, 3.05) is 5.73 Å². The number of aliphatic hydroxyl groups is 1. The highest BCUT2D eigenvalue weighted by molar-refractivity contribution is 6.30. The van der Waals surface area contributed by atoms with E-state index in [-0.39, 0.29) is 6.61 Å². The molecule has 22 heavy (non-hydrogen) atoms. The van der Waals surface area contributed by atoms with Crippen LogP contribution in [0.2, 0.25) is 5.02 Å². The molecule has 0 aliphatic carbocycles. The van der Waals surface area contributed by atoms with E-state index in [1.807, 2.05) is 77.9 Å². The van der Waals surface area contributed by atoms with E-state index in [2.05, 4.69) is 0 Å². The first-order valence-electron chi connectivity index (χ1n) is 7.70. The summed E-state index contributed by atoms with van der Waals surface area (Å²) in [6.07, 6.45) is 0. The Morgan fingerprint density at radius 1 is 0.909 bits per heavy atom. The number of aryl methyl sites for hydroxylation is 2. The standard InChI is InChI=1S/C8H9ClO.C7H9N.2C2H6/c1-6-2-7(5-10)4-8(9)3-6;1-6-3-2-4-7(8)5-6;2*1-2/h2-4,10H,5H2,1H3;2-5H,8H2,1H3;2*1-2H3. The van der Waals surface area contributed by atoms with Crippen molar-refractivity contribution in [1.29, 1.82) is 0 Å². The molecule has 2 rings (SSSR count). The molecule has 3 heteroatoms. The number of nitrogens with two attached hydrogens (primary N) is 1. The van der Waals surface area contributed by atoms with E-state index in [4.69, 9.17) is 22.4 Å². The van der Waals surface area contributed by atoms with Gasteiger partial charge in [0.15, 0.2) is 0 Å². The molecule has 0 aromatic heterocycles. The van der Waals surface area contributed by atoms with Gasteiger partial charge < -0.3 is 10.8 Å². The number of halogens is 1. The summed E-state index contributed by atoms with van der Waals surface area (Å²) in [4.78, 5) is 0. The molecular weight excluding hydrogens is 294 g/mol. The minimum Gasteiger partial charge on any atom is -0.399 e. The maximum atomic E-state index is 8.73. The fourth-order valence-corrected chi connectivity index (χ4v) is 1.89. The maximum Gasteiger partial charge on any atom is 0.0682 e. The average Bonchev–Trinajstić information content (AvgIpc) is 2.50. The molecule has 0 heterocycles. The Balaban J connectivity index is 0. The summed E-state index contributed by atoms with van der Waals surface area (Å²) in [6, 6.07) is 13.3. The predicted octanol–water partition coefficient (Wildman–Crippen LogP) is 5.77. The third-order valence-corrected chi connectivity index (χ3v) is 2.54. The number of hydrogen-bond acceptors (Lipinski definition) is 2. The van der Waals surface area contributed by atoms with E-state index in [1.54, 1.807) is 6.07 Å². The van der Waals surface area contributed by atoms with E-state index < -0.39 is 0 Å². The van der Waals surface area contributed by atoms with Crippen LogP contribution in [0.4, 0.5) is 5.69 Å². The first-order valence-corrected chi connectivity index (χ1v) is 8.08. The molecule has 0 amide bonds. The quantitative estimate of drug-likeness (QED) is 0.654. The van der Waals surface area contributed by atoms with Gasteiger partial charge in [0, 0.05) is 10.7 Å². The summed E-state index contributed by atoms with van der Waals surface area (Å²) >= 11 is 5.72. The van der Waals surface area contributed by atoms with E-state index >= 15 is 0 Å². The van der Waals surface area contributed by atoms with Crippen molar-refractivity contribution in [3.05, 3.63) is 64.2 Å². The number of rotatable bonds is 1. The lowest BCUT2D eigenvalue weighted by Crippen LogP contribution is -1.83. The molecule has 124 valence electrons. The molecule has 0 saturated heterocycles. The second-order valence-corrected chi connectivity index (χ2v) is 4.65. The topological polar surface area (TPSA) is 46.2 Å². The average molecular weight is 324 g/mol. The molecule has 0 spiro atoms. The van der Waals surface area contributed by atoms with Gasteiger partial charge in [-0.3, -0.25) is 0 Å². The van der Waals surface area contributed by atoms with Gasteiger partial charge in [0.2, 0.25) is 0 Å². The second-order valence-electron chi connectivity index (χ2n) is 4.21. The summed E-state index contributed by atoms with van der Waals surface area (Å²) in [7, 11) is 0. The van der Waals surface area contributed by atoms with Crippen molar-refractivity contribution >= 4 is 17.3 Å². The number of nitrogen functional groups attached to an aromatic ring is 1. The SMILES string of the molecule is CC.CC.Cc1cc(Cl)cc(CO)c1.Cc1cccc(N)c1. The lowest BCUT2D eigenvalue weighted by molar-refractivity contribution is 0.282. The second kappa shape index (κ2) is 14.4. The largest absolute Gasteiger partial charge is 0.399 e. The highest BCUT2D eigenvalue weighted by Crippen LogP contribution is 2.13. The van der Waals surface area contributed by atoms with Crippen LogP contribution in [-0.4, -0.2) is 5.11 Å². The van der Waals surface area contributed by atoms with E-state index in [1.165, 1.54) is 5.56 Å². The molecular formula is C19H30ClNO. The van der Waals surface area contributed by atoms with Gasteiger partial charge >= 0.3 is 0 Å². The lowest BCUT2D eigenvalue weighted by atomic mass is 10.1. The third-order valence-electron chi connectivity index (χ3n) is 2.33. The van der Waals surface area contributed by atoms with Crippen molar-refractivity contribution < 1.29 is 5.11 Å². The Labute approximate surface area is 140 Å². The molecule has 0 unspecified atom stereocenters. The van der Waals surface area contributed by atoms with E-state index in [9.17, 15) is 0 Å². The van der Waals surface area contributed by atoms with Gasteiger partial charge in [0.1, 0.15) is 0 Å². The summed E-state index contributed by atoms with van der Waals surface area (Å²) in [5, 5.41) is 9.41. The monoisotopic (exact) mass is 323 g/mol. The number of benzene rings is 2. The maximum absolute atomic E-state index is 8.73.